The molecule has 1 atom stereocenters. The zero-order chi connectivity index (χ0) is 22.2. The number of aliphatic hydroxyl groups excluding tert-OH is 2. The predicted octanol–water partition coefficient (Wildman–Crippen LogP) is 6.39. The van der Waals surface area contributed by atoms with E-state index in [9.17, 15) is 5.11 Å². The summed E-state index contributed by atoms with van der Waals surface area (Å²) in [5.41, 5.74) is 2.21. The Hall–Kier alpha value is -2.04. The molecule has 2 rings (SSSR count). The highest BCUT2D eigenvalue weighted by Gasteiger charge is 2.04. The Kier molecular flexibility index (Phi) is 12.8. The van der Waals surface area contributed by atoms with Gasteiger partial charge in [0.2, 0.25) is 0 Å². The number of hydrogen-bond acceptors (Lipinski definition) is 4. The molecule has 31 heavy (non-hydrogen) atoms. The van der Waals surface area contributed by atoms with Gasteiger partial charge < -0.3 is 19.7 Å². The molecule has 4 heteroatoms. The van der Waals surface area contributed by atoms with Crippen molar-refractivity contribution in [3.63, 3.8) is 0 Å². The molecular formula is C27H40O4. The van der Waals surface area contributed by atoms with Crippen molar-refractivity contribution in [1.82, 2.24) is 0 Å². The summed E-state index contributed by atoms with van der Waals surface area (Å²) in [6.07, 6.45) is 12.5. The van der Waals surface area contributed by atoms with Gasteiger partial charge >= 0.3 is 0 Å². The van der Waals surface area contributed by atoms with E-state index in [1.165, 1.54) is 57.8 Å². The fourth-order valence-electron chi connectivity index (χ4n) is 3.51. The lowest BCUT2D eigenvalue weighted by atomic mass is 10.1. The van der Waals surface area contributed by atoms with Gasteiger partial charge in [0.25, 0.3) is 0 Å². The van der Waals surface area contributed by atoms with Crippen LogP contribution in [-0.4, -0.2) is 36.1 Å². The third-order valence-electron chi connectivity index (χ3n) is 5.46. The largest absolute Gasteiger partial charge is 0.494 e. The molecule has 0 radical (unpaired) electrons. The van der Waals surface area contributed by atoms with E-state index in [0.29, 0.717) is 5.75 Å². The molecule has 0 spiro atoms. The van der Waals surface area contributed by atoms with Crippen molar-refractivity contribution < 1.29 is 19.7 Å². The van der Waals surface area contributed by atoms with Crippen LogP contribution in [0.5, 0.6) is 11.5 Å². The SMILES string of the molecule is CCCCCCCCCCCCOc1ccc(-c2ccc(OCC(O)CO)cc2)cc1. The molecule has 0 bridgehead atoms. The summed E-state index contributed by atoms with van der Waals surface area (Å²) in [7, 11) is 0. The van der Waals surface area contributed by atoms with E-state index >= 15 is 0 Å². The van der Waals surface area contributed by atoms with E-state index in [0.717, 1.165) is 29.9 Å². The summed E-state index contributed by atoms with van der Waals surface area (Å²) in [4.78, 5) is 0. The van der Waals surface area contributed by atoms with Crippen molar-refractivity contribution in [3.05, 3.63) is 48.5 Å². The van der Waals surface area contributed by atoms with Crippen molar-refractivity contribution in [3.8, 4) is 22.6 Å². The Morgan fingerprint density at radius 2 is 1.10 bits per heavy atom. The fraction of sp³-hybridized carbons (Fsp3) is 0.556. The van der Waals surface area contributed by atoms with Gasteiger partial charge in [-0.05, 0) is 41.8 Å². The van der Waals surface area contributed by atoms with Crippen LogP contribution in [0.1, 0.15) is 71.1 Å². The van der Waals surface area contributed by atoms with Gasteiger partial charge in [-0.25, -0.2) is 0 Å². The first kappa shape index (κ1) is 25.2. The van der Waals surface area contributed by atoms with Crippen LogP contribution in [0.4, 0.5) is 0 Å². The molecule has 0 heterocycles. The van der Waals surface area contributed by atoms with Crippen molar-refractivity contribution >= 4 is 0 Å². The lowest BCUT2D eigenvalue weighted by Gasteiger charge is -2.11. The third-order valence-corrected chi connectivity index (χ3v) is 5.46. The minimum Gasteiger partial charge on any atom is -0.494 e. The van der Waals surface area contributed by atoms with Crippen LogP contribution < -0.4 is 9.47 Å². The molecule has 2 aromatic rings. The van der Waals surface area contributed by atoms with Crippen LogP contribution in [0, 0.1) is 0 Å². The molecule has 2 aromatic carbocycles. The highest BCUT2D eigenvalue weighted by molar-refractivity contribution is 5.64. The highest BCUT2D eigenvalue weighted by atomic mass is 16.5. The first-order valence-electron chi connectivity index (χ1n) is 12.0. The molecule has 1 unspecified atom stereocenters. The van der Waals surface area contributed by atoms with E-state index in [1.807, 2.05) is 36.4 Å². The molecule has 0 fully saturated rings. The summed E-state index contributed by atoms with van der Waals surface area (Å²) in [6, 6.07) is 15.9. The van der Waals surface area contributed by atoms with Gasteiger partial charge in [0.15, 0.2) is 0 Å². The third kappa shape index (κ3) is 10.7. The first-order chi connectivity index (χ1) is 15.2. The van der Waals surface area contributed by atoms with Crippen LogP contribution in [0.2, 0.25) is 0 Å². The van der Waals surface area contributed by atoms with Gasteiger partial charge in [-0.2, -0.15) is 0 Å². The summed E-state index contributed by atoms with van der Waals surface area (Å²) in [5, 5.41) is 18.2. The van der Waals surface area contributed by atoms with E-state index in [1.54, 1.807) is 0 Å². The van der Waals surface area contributed by atoms with E-state index in [-0.39, 0.29) is 13.2 Å². The number of rotatable bonds is 17. The number of ether oxygens (including phenoxy) is 2. The van der Waals surface area contributed by atoms with Crippen molar-refractivity contribution in [2.24, 2.45) is 0 Å². The zero-order valence-electron chi connectivity index (χ0n) is 19.1. The van der Waals surface area contributed by atoms with Gasteiger partial charge in [-0.15, -0.1) is 0 Å². The van der Waals surface area contributed by atoms with Crippen LogP contribution in [-0.2, 0) is 0 Å². The molecule has 4 nitrogen and oxygen atoms in total. The van der Waals surface area contributed by atoms with E-state index in [2.05, 4.69) is 19.1 Å². The fourth-order valence-corrected chi connectivity index (χ4v) is 3.51. The molecule has 2 N–H and O–H groups in total. The molecule has 0 saturated heterocycles. The Morgan fingerprint density at radius 3 is 1.58 bits per heavy atom. The Labute approximate surface area is 188 Å². The second kappa shape index (κ2) is 15.7. The quantitative estimate of drug-likeness (QED) is 0.287. The van der Waals surface area contributed by atoms with Crippen molar-refractivity contribution in [2.75, 3.05) is 19.8 Å². The smallest absolute Gasteiger partial charge is 0.119 e. The van der Waals surface area contributed by atoms with Crippen molar-refractivity contribution in [1.29, 1.82) is 0 Å². The number of benzene rings is 2. The summed E-state index contributed by atoms with van der Waals surface area (Å²) in [5.74, 6) is 1.59. The number of unbranched alkanes of at least 4 members (excludes halogenated alkanes) is 9. The average Bonchev–Trinajstić information content (AvgIpc) is 2.81. The van der Waals surface area contributed by atoms with Gasteiger partial charge in [-0.1, -0.05) is 89.0 Å². The molecule has 0 aromatic heterocycles. The maximum Gasteiger partial charge on any atom is 0.119 e. The Morgan fingerprint density at radius 1 is 0.645 bits per heavy atom. The minimum absolute atomic E-state index is 0.0843. The van der Waals surface area contributed by atoms with Gasteiger partial charge in [0, 0.05) is 0 Å². The second-order valence-corrected chi connectivity index (χ2v) is 8.23. The molecular weight excluding hydrogens is 388 g/mol. The molecule has 0 saturated carbocycles. The van der Waals surface area contributed by atoms with Crippen molar-refractivity contribution in [2.45, 2.75) is 77.2 Å². The molecule has 172 valence electrons. The predicted molar refractivity (Wildman–Crippen MR) is 128 cm³/mol. The highest BCUT2D eigenvalue weighted by Crippen LogP contribution is 2.25. The second-order valence-electron chi connectivity index (χ2n) is 8.23. The number of aliphatic hydroxyl groups is 2. The molecule has 0 aliphatic carbocycles. The maximum atomic E-state index is 9.35. The number of hydrogen-bond donors (Lipinski definition) is 2. The Bertz CT molecular complexity index is 681. The van der Waals surface area contributed by atoms with Gasteiger partial charge in [0.1, 0.15) is 24.2 Å². The lowest BCUT2D eigenvalue weighted by Crippen LogP contribution is -2.21. The molecule has 0 aliphatic rings. The summed E-state index contributed by atoms with van der Waals surface area (Å²) < 4.78 is 11.3. The maximum absolute atomic E-state index is 9.35. The van der Waals surface area contributed by atoms with Crippen LogP contribution in [0.3, 0.4) is 0 Å². The topological polar surface area (TPSA) is 58.9 Å². The monoisotopic (exact) mass is 428 g/mol. The Balaban J connectivity index is 1.60. The normalized spacial score (nSPS) is 12.0. The first-order valence-corrected chi connectivity index (χ1v) is 12.0. The summed E-state index contributed by atoms with van der Waals surface area (Å²) in [6.45, 7) is 2.83. The van der Waals surface area contributed by atoms with Crippen LogP contribution in [0.25, 0.3) is 11.1 Å². The van der Waals surface area contributed by atoms with Crippen LogP contribution in [0.15, 0.2) is 48.5 Å². The van der Waals surface area contributed by atoms with Gasteiger partial charge in [-0.3, -0.25) is 0 Å². The average molecular weight is 429 g/mol. The lowest BCUT2D eigenvalue weighted by molar-refractivity contribution is 0.0536. The van der Waals surface area contributed by atoms with Gasteiger partial charge in [0.05, 0.1) is 13.2 Å². The standard InChI is InChI=1S/C27H40O4/c1-2-3-4-5-6-7-8-9-10-11-20-30-26-16-12-23(13-17-26)24-14-18-27(19-15-24)31-22-25(29)21-28/h12-19,25,28-29H,2-11,20-22H2,1H3. The van der Waals surface area contributed by atoms with E-state index in [4.69, 9.17) is 14.6 Å². The molecule has 0 aliphatic heterocycles. The van der Waals surface area contributed by atoms with Crippen LogP contribution >= 0.6 is 0 Å². The molecule has 0 amide bonds. The van der Waals surface area contributed by atoms with E-state index < -0.39 is 6.10 Å². The zero-order valence-corrected chi connectivity index (χ0v) is 19.1. The summed E-state index contributed by atoms with van der Waals surface area (Å²) >= 11 is 0. The minimum atomic E-state index is -0.854.